The third-order valence-electron chi connectivity index (χ3n) is 6.99. The molecule has 0 saturated carbocycles. The second-order valence-electron chi connectivity index (χ2n) is 9.71. The molecule has 2 amide bonds. The van der Waals surface area contributed by atoms with Gasteiger partial charge in [-0.15, -0.1) is 0 Å². The van der Waals surface area contributed by atoms with Gasteiger partial charge in [0.1, 0.15) is 5.52 Å². The molecule has 6 heteroatoms. The van der Waals surface area contributed by atoms with Crippen LogP contribution in [0.1, 0.15) is 53.7 Å². The standard InChI is InChI=1S/C30H31N3O3/c1-20-8-10-24(11-9-20)29-32-26-19-25(12-13-27(26)36-29)30(35)33-16-14-22(15-17-33)18-28(34)31-21(2)23-6-4-3-5-7-23/h3-13,19,21-22H,14-18H2,1-2H3,(H,31,34)/t21-/m1/s1. The zero-order valence-corrected chi connectivity index (χ0v) is 20.7. The van der Waals surface area contributed by atoms with Crippen LogP contribution in [0.5, 0.6) is 0 Å². The van der Waals surface area contributed by atoms with Crippen LogP contribution in [0, 0.1) is 12.8 Å². The molecule has 2 heterocycles. The first-order valence-corrected chi connectivity index (χ1v) is 12.6. The number of carbonyl (C=O) groups is 2. The normalized spacial score (nSPS) is 15.1. The minimum absolute atomic E-state index is 0.00242. The summed E-state index contributed by atoms with van der Waals surface area (Å²) in [6.45, 7) is 5.34. The van der Waals surface area contributed by atoms with Crippen molar-refractivity contribution >= 4 is 22.9 Å². The van der Waals surface area contributed by atoms with Crippen LogP contribution in [-0.4, -0.2) is 34.8 Å². The van der Waals surface area contributed by atoms with Gasteiger partial charge in [-0.2, -0.15) is 0 Å². The molecule has 1 fully saturated rings. The number of oxazole rings is 1. The maximum atomic E-state index is 13.2. The molecule has 1 aromatic heterocycles. The molecular formula is C30H31N3O3. The quantitative estimate of drug-likeness (QED) is 0.371. The number of carbonyl (C=O) groups excluding carboxylic acids is 2. The van der Waals surface area contributed by atoms with E-state index in [0.29, 0.717) is 42.1 Å². The number of piperidine rings is 1. The predicted octanol–water partition coefficient (Wildman–Crippen LogP) is 5.92. The third-order valence-corrected chi connectivity index (χ3v) is 6.99. The van der Waals surface area contributed by atoms with Gasteiger partial charge in [-0.3, -0.25) is 9.59 Å². The van der Waals surface area contributed by atoms with Crippen LogP contribution < -0.4 is 5.32 Å². The summed E-state index contributed by atoms with van der Waals surface area (Å²) in [5.74, 6) is 0.900. The number of nitrogens with zero attached hydrogens (tertiary/aromatic N) is 2. The average Bonchev–Trinajstić information content (AvgIpc) is 3.33. The van der Waals surface area contributed by atoms with Gasteiger partial charge < -0.3 is 14.6 Å². The van der Waals surface area contributed by atoms with Crippen molar-refractivity contribution in [3.8, 4) is 11.5 Å². The summed E-state index contributed by atoms with van der Waals surface area (Å²) in [5.41, 5.74) is 5.13. The van der Waals surface area contributed by atoms with E-state index in [1.165, 1.54) is 5.56 Å². The van der Waals surface area contributed by atoms with Crippen LogP contribution in [0.15, 0.2) is 77.2 Å². The number of hydrogen-bond acceptors (Lipinski definition) is 4. The van der Waals surface area contributed by atoms with Crippen LogP contribution in [0.2, 0.25) is 0 Å². The highest BCUT2D eigenvalue weighted by Crippen LogP contribution is 2.27. The van der Waals surface area contributed by atoms with Crippen molar-refractivity contribution in [2.24, 2.45) is 5.92 Å². The summed E-state index contributed by atoms with van der Waals surface area (Å²) in [6.07, 6.45) is 2.14. The Labute approximate surface area is 211 Å². The van der Waals surface area contributed by atoms with E-state index in [1.54, 1.807) is 6.07 Å². The fourth-order valence-electron chi connectivity index (χ4n) is 4.79. The number of aromatic nitrogens is 1. The minimum Gasteiger partial charge on any atom is -0.436 e. The van der Waals surface area contributed by atoms with Crippen molar-refractivity contribution in [1.29, 1.82) is 0 Å². The highest BCUT2D eigenvalue weighted by Gasteiger charge is 2.26. The molecule has 3 aromatic carbocycles. The molecule has 0 radical (unpaired) electrons. The molecule has 0 aliphatic carbocycles. The molecule has 1 aliphatic rings. The molecule has 1 N–H and O–H groups in total. The van der Waals surface area contributed by atoms with Crippen molar-refractivity contribution < 1.29 is 14.0 Å². The van der Waals surface area contributed by atoms with Crippen LogP contribution >= 0.6 is 0 Å². The van der Waals surface area contributed by atoms with Gasteiger partial charge in [-0.1, -0.05) is 48.0 Å². The number of benzene rings is 3. The fourth-order valence-corrected chi connectivity index (χ4v) is 4.79. The van der Waals surface area contributed by atoms with Gasteiger partial charge in [0, 0.05) is 30.6 Å². The lowest BCUT2D eigenvalue weighted by atomic mass is 9.92. The molecule has 0 unspecified atom stereocenters. The molecule has 1 atom stereocenters. The van der Waals surface area contributed by atoms with Crippen LogP contribution in [0.25, 0.3) is 22.6 Å². The number of hydrogen-bond donors (Lipinski definition) is 1. The molecule has 1 aliphatic heterocycles. The number of rotatable bonds is 6. The van der Waals surface area contributed by atoms with Gasteiger partial charge in [0.05, 0.1) is 6.04 Å². The minimum atomic E-state index is -0.0154. The topological polar surface area (TPSA) is 75.4 Å². The zero-order valence-electron chi connectivity index (χ0n) is 20.7. The zero-order chi connectivity index (χ0) is 25.1. The SMILES string of the molecule is Cc1ccc(-c2nc3cc(C(=O)N4CCC(CC(=O)N[C@H](C)c5ccccc5)CC4)ccc3o2)cc1. The van der Waals surface area contributed by atoms with E-state index >= 15 is 0 Å². The van der Waals surface area contributed by atoms with Crippen molar-refractivity contribution in [1.82, 2.24) is 15.2 Å². The Bertz CT molecular complexity index is 1350. The van der Waals surface area contributed by atoms with Gasteiger partial charge >= 0.3 is 0 Å². The largest absolute Gasteiger partial charge is 0.436 e. The number of likely N-dealkylation sites (tertiary alicyclic amines) is 1. The molecule has 36 heavy (non-hydrogen) atoms. The lowest BCUT2D eigenvalue weighted by molar-refractivity contribution is -0.122. The Morgan fingerprint density at radius 2 is 1.75 bits per heavy atom. The Hall–Kier alpha value is -3.93. The third kappa shape index (κ3) is 5.33. The Morgan fingerprint density at radius 1 is 1.03 bits per heavy atom. The summed E-state index contributed by atoms with van der Waals surface area (Å²) < 4.78 is 5.91. The van der Waals surface area contributed by atoms with E-state index in [0.717, 1.165) is 24.0 Å². The van der Waals surface area contributed by atoms with E-state index < -0.39 is 0 Å². The van der Waals surface area contributed by atoms with E-state index in [1.807, 2.05) is 85.5 Å². The van der Waals surface area contributed by atoms with E-state index in [2.05, 4.69) is 10.3 Å². The molecule has 1 saturated heterocycles. The van der Waals surface area contributed by atoms with Gasteiger partial charge in [0.25, 0.3) is 5.91 Å². The van der Waals surface area contributed by atoms with E-state index in [-0.39, 0.29) is 23.8 Å². The number of amides is 2. The highest BCUT2D eigenvalue weighted by atomic mass is 16.3. The van der Waals surface area contributed by atoms with E-state index in [4.69, 9.17) is 4.42 Å². The van der Waals surface area contributed by atoms with Crippen LogP contribution in [0.3, 0.4) is 0 Å². The molecule has 184 valence electrons. The molecule has 0 bridgehead atoms. The smallest absolute Gasteiger partial charge is 0.253 e. The monoisotopic (exact) mass is 481 g/mol. The van der Waals surface area contributed by atoms with Gasteiger partial charge in [0.15, 0.2) is 5.58 Å². The summed E-state index contributed by atoms with van der Waals surface area (Å²) in [6, 6.07) is 23.4. The van der Waals surface area contributed by atoms with Gasteiger partial charge in [-0.25, -0.2) is 4.98 Å². The first-order valence-electron chi connectivity index (χ1n) is 12.6. The predicted molar refractivity (Wildman–Crippen MR) is 140 cm³/mol. The molecule has 6 nitrogen and oxygen atoms in total. The van der Waals surface area contributed by atoms with Crippen molar-refractivity contribution in [3.05, 3.63) is 89.5 Å². The second kappa shape index (κ2) is 10.4. The summed E-state index contributed by atoms with van der Waals surface area (Å²) in [7, 11) is 0. The summed E-state index contributed by atoms with van der Waals surface area (Å²) in [5, 5.41) is 3.10. The Morgan fingerprint density at radius 3 is 2.47 bits per heavy atom. The fraction of sp³-hybridized carbons (Fsp3) is 0.300. The Balaban J connectivity index is 1.17. The van der Waals surface area contributed by atoms with Gasteiger partial charge in [0.2, 0.25) is 11.8 Å². The Kier molecular flexibility index (Phi) is 6.85. The lowest BCUT2D eigenvalue weighted by Gasteiger charge is -2.32. The van der Waals surface area contributed by atoms with Crippen molar-refractivity contribution in [3.63, 3.8) is 0 Å². The van der Waals surface area contributed by atoms with E-state index in [9.17, 15) is 9.59 Å². The average molecular weight is 482 g/mol. The maximum Gasteiger partial charge on any atom is 0.253 e. The molecule has 4 aromatic rings. The second-order valence-corrected chi connectivity index (χ2v) is 9.71. The number of fused-ring (bicyclic) bond motifs is 1. The number of nitrogens with one attached hydrogen (secondary N) is 1. The molecule has 5 rings (SSSR count). The van der Waals surface area contributed by atoms with Crippen LogP contribution in [0.4, 0.5) is 0 Å². The first-order chi connectivity index (χ1) is 17.5. The molecule has 0 spiro atoms. The highest BCUT2D eigenvalue weighted by molar-refractivity contribution is 5.97. The molecular weight excluding hydrogens is 450 g/mol. The van der Waals surface area contributed by atoms with Crippen LogP contribution in [-0.2, 0) is 4.79 Å². The summed E-state index contributed by atoms with van der Waals surface area (Å²) in [4.78, 5) is 32.2. The number of aryl methyl sites for hydroxylation is 1. The maximum absolute atomic E-state index is 13.2. The van der Waals surface area contributed by atoms with Crippen molar-refractivity contribution in [2.75, 3.05) is 13.1 Å². The lowest BCUT2D eigenvalue weighted by Crippen LogP contribution is -2.39. The van der Waals surface area contributed by atoms with Gasteiger partial charge in [-0.05, 0) is 68.5 Å². The van der Waals surface area contributed by atoms with Crippen molar-refractivity contribution in [2.45, 2.75) is 39.2 Å². The first kappa shape index (κ1) is 23.8. The summed E-state index contributed by atoms with van der Waals surface area (Å²) >= 11 is 0.